The van der Waals surface area contributed by atoms with Crippen LogP contribution in [0.15, 0.2) is 22.7 Å². The number of rotatable bonds is 3. The molecule has 0 aliphatic carbocycles. The van der Waals surface area contributed by atoms with E-state index in [2.05, 4.69) is 15.9 Å². The Morgan fingerprint density at radius 3 is 2.78 bits per heavy atom. The zero-order chi connectivity index (χ0) is 13.3. The third-order valence-electron chi connectivity index (χ3n) is 2.55. The Bertz CT molecular complexity index is 592. The summed E-state index contributed by atoms with van der Waals surface area (Å²) in [5.41, 5.74) is 0.926. The SMILES string of the molecule is CCOC(=O)c1sc2c(Br)cccc2c1N(C)C. The zero-order valence-electron chi connectivity index (χ0n) is 10.5. The molecule has 0 radical (unpaired) electrons. The standard InChI is InChI=1S/C13H14BrNO2S/c1-4-17-13(16)12-10(15(2)3)8-6-5-7-9(14)11(8)18-12/h5-7H,4H2,1-3H3. The number of hydrogen-bond acceptors (Lipinski definition) is 4. The summed E-state index contributed by atoms with van der Waals surface area (Å²) in [6, 6.07) is 5.98. The molecule has 0 atom stereocenters. The topological polar surface area (TPSA) is 29.5 Å². The Labute approximate surface area is 118 Å². The van der Waals surface area contributed by atoms with Crippen LogP contribution < -0.4 is 4.90 Å². The van der Waals surface area contributed by atoms with Crippen molar-refractivity contribution < 1.29 is 9.53 Å². The van der Waals surface area contributed by atoms with Crippen molar-refractivity contribution in [1.29, 1.82) is 0 Å². The van der Waals surface area contributed by atoms with Gasteiger partial charge in [-0.3, -0.25) is 0 Å². The van der Waals surface area contributed by atoms with Gasteiger partial charge in [0, 0.05) is 24.0 Å². The lowest BCUT2D eigenvalue weighted by atomic mass is 10.2. The maximum Gasteiger partial charge on any atom is 0.350 e. The van der Waals surface area contributed by atoms with E-state index < -0.39 is 0 Å². The van der Waals surface area contributed by atoms with E-state index in [1.165, 1.54) is 11.3 Å². The van der Waals surface area contributed by atoms with E-state index in [-0.39, 0.29) is 5.97 Å². The van der Waals surface area contributed by atoms with Crippen molar-refractivity contribution in [3.8, 4) is 0 Å². The maximum absolute atomic E-state index is 12.0. The van der Waals surface area contributed by atoms with Crippen molar-refractivity contribution in [3.05, 3.63) is 27.5 Å². The van der Waals surface area contributed by atoms with E-state index >= 15 is 0 Å². The van der Waals surface area contributed by atoms with Crippen LogP contribution in [0.4, 0.5) is 5.69 Å². The second-order valence-electron chi connectivity index (χ2n) is 4.01. The molecule has 18 heavy (non-hydrogen) atoms. The van der Waals surface area contributed by atoms with E-state index in [4.69, 9.17) is 4.74 Å². The van der Waals surface area contributed by atoms with Crippen molar-refractivity contribution in [3.63, 3.8) is 0 Å². The predicted octanol–water partition coefficient (Wildman–Crippen LogP) is 3.91. The molecule has 0 bridgehead atoms. The highest BCUT2D eigenvalue weighted by Gasteiger charge is 2.21. The number of carbonyl (C=O) groups excluding carboxylic acids is 1. The van der Waals surface area contributed by atoms with Gasteiger partial charge in [0.25, 0.3) is 0 Å². The molecule has 0 unspecified atom stereocenters. The summed E-state index contributed by atoms with van der Waals surface area (Å²) < 4.78 is 7.19. The number of carbonyl (C=O) groups is 1. The first-order valence-corrected chi connectivity index (χ1v) is 7.22. The summed E-state index contributed by atoms with van der Waals surface area (Å²) in [5.74, 6) is -0.255. The summed E-state index contributed by atoms with van der Waals surface area (Å²) in [4.78, 5) is 14.6. The van der Waals surface area contributed by atoms with E-state index in [1.54, 1.807) is 0 Å². The molecule has 2 rings (SSSR count). The van der Waals surface area contributed by atoms with Gasteiger partial charge < -0.3 is 9.64 Å². The molecule has 1 aromatic heterocycles. The predicted molar refractivity (Wildman–Crippen MR) is 79.8 cm³/mol. The van der Waals surface area contributed by atoms with Crippen molar-refractivity contribution in [1.82, 2.24) is 0 Å². The molecule has 0 saturated carbocycles. The minimum absolute atomic E-state index is 0.255. The molecule has 0 aliphatic rings. The number of hydrogen-bond donors (Lipinski definition) is 0. The Morgan fingerprint density at radius 2 is 2.17 bits per heavy atom. The van der Waals surface area contributed by atoms with Crippen LogP contribution in [-0.2, 0) is 4.74 Å². The van der Waals surface area contributed by atoms with E-state index in [0.717, 1.165) is 20.2 Å². The summed E-state index contributed by atoms with van der Waals surface area (Å²) >= 11 is 4.99. The molecule has 0 aliphatic heterocycles. The molecule has 0 spiro atoms. The fourth-order valence-electron chi connectivity index (χ4n) is 1.85. The second-order valence-corrected chi connectivity index (χ2v) is 5.89. The van der Waals surface area contributed by atoms with Crippen LogP contribution in [0.25, 0.3) is 10.1 Å². The molecular formula is C13H14BrNO2S. The number of halogens is 1. The van der Waals surface area contributed by atoms with E-state index in [9.17, 15) is 4.79 Å². The molecule has 0 saturated heterocycles. The molecule has 96 valence electrons. The molecule has 1 aromatic carbocycles. The first-order chi connectivity index (χ1) is 8.56. The van der Waals surface area contributed by atoms with Gasteiger partial charge in [0.15, 0.2) is 0 Å². The molecule has 0 amide bonds. The van der Waals surface area contributed by atoms with E-state index in [0.29, 0.717) is 11.5 Å². The Kier molecular flexibility index (Phi) is 3.92. The largest absolute Gasteiger partial charge is 0.462 e. The lowest BCUT2D eigenvalue weighted by Gasteiger charge is -2.13. The number of anilines is 1. The number of nitrogens with zero attached hydrogens (tertiary/aromatic N) is 1. The van der Waals surface area contributed by atoms with Gasteiger partial charge in [-0.1, -0.05) is 12.1 Å². The minimum atomic E-state index is -0.255. The molecule has 5 heteroatoms. The monoisotopic (exact) mass is 327 g/mol. The summed E-state index contributed by atoms with van der Waals surface area (Å²) in [6.07, 6.45) is 0. The summed E-state index contributed by atoms with van der Waals surface area (Å²) in [5, 5.41) is 1.07. The summed E-state index contributed by atoms with van der Waals surface area (Å²) in [6.45, 7) is 2.21. The molecule has 2 aromatic rings. The Morgan fingerprint density at radius 1 is 1.44 bits per heavy atom. The maximum atomic E-state index is 12.0. The summed E-state index contributed by atoms with van der Waals surface area (Å²) in [7, 11) is 3.87. The highest BCUT2D eigenvalue weighted by atomic mass is 79.9. The van der Waals surface area contributed by atoms with E-state index in [1.807, 2.05) is 44.1 Å². The first kappa shape index (κ1) is 13.4. The van der Waals surface area contributed by atoms with Crippen molar-refractivity contribution in [2.45, 2.75) is 6.92 Å². The van der Waals surface area contributed by atoms with Crippen LogP contribution in [0.3, 0.4) is 0 Å². The van der Waals surface area contributed by atoms with Crippen LogP contribution in [0.2, 0.25) is 0 Å². The zero-order valence-corrected chi connectivity index (χ0v) is 12.9. The molecule has 0 N–H and O–H groups in total. The first-order valence-electron chi connectivity index (χ1n) is 5.61. The highest BCUT2D eigenvalue weighted by Crippen LogP contribution is 2.41. The van der Waals surface area contributed by atoms with Crippen LogP contribution in [0.5, 0.6) is 0 Å². The lowest BCUT2D eigenvalue weighted by Crippen LogP contribution is -2.13. The number of ether oxygens (including phenoxy) is 1. The number of esters is 1. The van der Waals surface area contributed by atoms with Crippen LogP contribution >= 0.6 is 27.3 Å². The fourth-order valence-corrected chi connectivity index (χ4v) is 3.64. The normalized spacial score (nSPS) is 10.7. The molecule has 0 fully saturated rings. The Hall–Kier alpha value is -1.07. The van der Waals surface area contributed by atoms with Crippen molar-refractivity contribution in [2.75, 3.05) is 25.6 Å². The number of fused-ring (bicyclic) bond motifs is 1. The van der Waals surface area contributed by atoms with Gasteiger partial charge in [0.2, 0.25) is 0 Å². The minimum Gasteiger partial charge on any atom is -0.462 e. The van der Waals surface area contributed by atoms with Gasteiger partial charge in [0.05, 0.1) is 17.0 Å². The van der Waals surface area contributed by atoms with Gasteiger partial charge in [-0.2, -0.15) is 0 Å². The van der Waals surface area contributed by atoms with Crippen molar-refractivity contribution >= 4 is 49.0 Å². The number of benzene rings is 1. The van der Waals surface area contributed by atoms with Gasteiger partial charge in [-0.25, -0.2) is 4.79 Å². The Balaban J connectivity index is 2.69. The van der Waals surface area contributed by atoms with Crippen LogP contribution in [0.1, 0.15) is 16.6 Å². The smallest absolute Gasteiger partial charge is 0.350 e. The third-order valence-corrected chi connectivity index (χ3v) is 4.68. The second kappa shape index (κ2) is 5.28. The molecule has 3 nitrogen and oxygen atoms in total. The van der Waals surface area contributed by atoms with Gasteiger partial charge in [-0.15, -0.1) is 11.3 Å². The van der Waals surface area contributed by atoms with Gasteiger partial charge >= 0.3 is 5.97 Å². The molecular weight excluding hydrogens is 314 g/mol. The van der Waals surface area contributed by atoms with Gasteiger partial charge in [0.1, 0.15) is 4.88 Å². The average Bonchev–Trinajstić information content (AvgIpc) is 2.70. The average molecular weight is 328 g/mol. The van der Waals surface area contributed by atoms with Crippen LogP contribution in [0, 0.1) is 0 Å². The third kappa shape index (κ3) is 2.24. The van der Waals surface area contributed by atoms with Crippen molar-refractivity contribution in [2.24, 2.45) is 0 Å². The van der Waals surface area contributed by atoms with Gasteiger partial charge in [-0.05, 0) is 28.9 Å². The quantitative estimate of drug-likeness (QED) is 0.800. The van der Waals surface area contributed by atoms with Crippen LogP contribution in [-0.4, -0.2) is 26.7 Å². The fraction of sp³-hybridized carbons (Fsp3) is 0.308. The highest BCUT2D eigenvalue weighted by molar-refractivity contribution is 9.10. The lowest BCUT2D eigenvalue weighted by molar-refractivity contribution is 0.0533. The number of thiophene rings is 1. The molecule has 1 heterocycles.